The summed E-state index contributed by atoms with van der Waals surface area (Å²) >= 11 is 3.18. The van der Waals surface area contributed by atoms with Crippen molar-refractivity contribution in [2.75, 3.05) is 6.54 Å². The van der Waals surface area contributed by atoms with E-state index in [0.717, 1.165) is 6.08 Å². The van der Waals surface area contributed by atoms with Gasteiger partial charge in [-0.05, 0) is 28.1 Å². The van der Waals surface area contributed by atoms with E-state index in [-0.39, 0.29) is 12.6 Å². The molecule has 0 spiro atoms. The van der Waals surface area contributed by atoms with Crippen LogP contribution in [0.2, 0.25) is 0 Å². The van der Waals surface area contributed by atoms with Gasteiger partial charge in [-0.25, -0.2) is 0 Å². The van der Waals surface area contributed by atoms with Crippen molar-refractivity contribution in [1.82, 2.24) is 5.32 Å². The van der Waals surface area contributed by atoms with Gasteiger partial charge in [-0.15, -0.1) is 0 Å². The molecule has 1 N–H and O–H groups in total. The summed E-state index contributed by atoms with van der Waals surface area (Å²) in [6, 6.07) is 6.67. The molecule has 2 nitrogen and oxygen atoms in total. The zero-order valence-electron chi connectivity index (χ0n) is 8.59. The van der Waals surface area contributed by atoms with E-state index < -0.39 is 12.1 Å². The van der Waals surface area contributed by atoms with Crippen LogP contribution >= 0.6 is 15.9 Å². The zero-order chi connectivity index (χ0) is 12.9. The van der Waals surface area contributed by atoms with Crippen molar-refractivity contribution in [2.45, 2.75) is 6.18 Å². The van der Waals surface area contributed by atoms with E-state index in [1.54, 1.807) is 24.3 Å². The Balaban J connectivity index is 2.52. The van der Waals surface area contributed by atoms with Crippen LogP contribution in [0.15, 0.2) is 40.9 Å². The lowest BCUT2D eigenvalue weighted by Crippen LogP contribution is -2.24. The quantitative estimate of drug-likeness (QED) is 0.853. The number of rotatable bonds is 3. The summed E-state index contributed by atoms with van der Waals surface area (Å²) in [7, 11) is 0. The molecule has 1 aromatic rings. The average molecular weight is 308 g/mol. The predicted octanol–water partition coefficient (Wildman–Crippen LogP) is 3.30. The van der Waals surface area contributed by atoms with E-state index in [0.29, 0.717) is 10.0 Å². The summed E-state index contributed by atoms with van der Waals surface area (Å²) in [4.78, 5) is 11.5. The van der Waals surface area contributed by atoms with E-state index in [4.69, 9.17) is 0 Å². The second kappa shape index (κ2) is 5.86. The molecule has 0 aliphatic rings. The third kappa shape index (κ3) is 5.04. The summed E-state index contributed by atoms with van der Waals surface area (Å²) in [6.45, 7) is -0.167. The summed E-state index contributed by atoms with van der Waals surface area (Å²) < 4.78 is 35.9. The second-order valence-electron chi connectivity index (χ2n) is 3.13. The molecule has 17 heavy (non-hydrogen) atoms. The molecule has 0 fully saturated rings. The Hall–Kier alpha value is -1.30. The standard InChI is InChI=1S/C11H9BrF3NO/c12-9-5-2-1-4-8(9)10(17)16-7-3-6-11(13,14)15/h1-6H,7H2,(H,16,17)/b6-3+. The first-order valence-corrected chi connectivity index (χ1v) is 5.46. The van der Waals surface area contributed by atoms with Crippen molar-refractivity contribution in [1.29, 1.82) is 0 Å². The van der Waals surface area contributed by atoms with Gasteiger partial charge in [-0.2, -0.15) is 13.2 Å². The van der Waals surface area contributed by atoms with Gasteiger partial charge in [-0.3, -0.25) is 4.79 Å². The number of amides is 1. The lowest BCUT2D eigenvalue weighted by molar-refractivity contribution is -0.0800. The van der Waals surface area contributed by atoms with Gasteiger partial charge in [0.2, 0.25) is 0 Å². The molecule has 1 amide bonds. The number of carbonyl (C=O) groups excluding carboxylic acids is 1. The van der Waals surface area contributed by atoms with E-state index in [9.17, 15) is 18.0 Å². The third-order valence-corrected chi connectivity index (χ3v) is 2.50. The Kier molecular flexibility index (Phi) is 4.74. The molecule has 0 aromatic heterocycles. The summed E-state index contributed by atoms with van der Waals surface area (Å²) in [5.74, 6) is -0.427. The number of allylic oxidation sites excluding steroid dienone is 1. The first-order chi connectivity index (χ1) is 7.90. The minimum Gasteiger partial charge on any atom is -0.349 e. The molecule has 0 heterocycles. The third-order valence-electron chi connectivity index (χ3n) is 1.81. The fourth-order valence-corrected chi connectivity index (χ4v) is 1.55. The lowest BCUT2D eigenvalue weighted by Gasteiger charge is -2.04. The second-order valence-corrected chi connectivity index (χ2v) is 3.99. The van der Waals surface area contributed by atoms with Gasteiger partial charge in [0.25, 0.3) is 5.91 Å². The molecule has 0 radical (unpaired) electrons. The highest BCUT2D eigenvalue weighted by atomic mass is 79.9. The van der Waals surface area contributed by atoms with Crippen molar-refractivity contribution in [3.8, 4) is 0 Å². The van der Waals surface area contributed by atoms with Gasteiger partial charge in [0.15, 0.2) is 0 Å². The van der Waals surface area contributed by atoms with Crippen molar-refractivity contribution in [2.24, 2.45) is 0 Å². The Morgan fingerprint density at radius 1 is 1.35 bits per heavy atom. The number of alkyl halides is 3. The summed E-state index contributed by atoms with van der Waals surface area (Å²) in [6.07, 6.45) is -3.40. The maximum atomic E-state index is 11.8. The highest BCUT2D eigenvalue weighted by Gasteiger charge is 2.21. The fourth-order valence-electron chi connectivity index (χ4n) is 1.08. The Morgan fingerprint density at radius 2 is 2.00 bits per heavy atom. The first-order valence-electron chi connectivity index (χ1n) is 4.67. The van der Waals surface area contributed by atoms with Crippen molar-refractivity contribution in [3.05, 3.63) is 46.5 Å². The largest absolute Gasteiger partial charge is 0.409 e. The van der Waals surface area contributed by atoms with Crippen LogP contribution in [0, 0.1) is 0 Å². The van der Waals surface area contributed by atoms with Gasteiger partial charge in [-0.1, -0.05) is 18.2 Å². The van der Waals surface area contributed by atoms with Crippen LogP contribution in [0.4, 0.5) is 13.2 Å². The highest BCUT2D eigenvalue weighted by Crippen LogP contribution is 2.16. The molecule has 92 valence electrons. The minimum absolute atomic E-state index is 0.0906. The van der Waals surface area contributed by atoms with E-state index >= 15 is 0 Å². The van der Waals surface area contributed by atoms with Crippen LogP contribution in [-0.4, -0.2) is 18.6 Å². The highest BCUT2D eigenvalue weighted by molar-refractivity contribution is 9.10. The van der Waals surface area contributed by atoms with Crippen molar-refractivity contribution >= 4 is 21.8 Å². The molecule has 0 saturated carbocycles. The monoisotopic (exact) mass is 307 g/mol. The zero-order valence-corrected chi connectivity index (χ0v) is 10.2. The van der Waals surface area contributed by atoms with Gasteiger partial charge in [0.1, 0.15) is 0 Å². The smallest absolute Gasteiger partial charge is 0.349 e. The van der Waals surface area contributed by atoms with Gasteiger partial charge < -0.3 is 5.32 Å². The van der Waals surface area contributed by atoms with Gasteiger partial charge >= 0.3 is 6.18 Å². The Labute approximate surface area is 105 Å². The Bertz CT molecular complexity index is 429. The number of halogens is 4. The SMILES string of the molecule is O=C(NC/C=C/C(F)(F)F)c1ccccc1Br. The number of hydrogen-bond acceptors (Lipinski definition) is 1. The first kappa shape index (κ1) is 13.8. The van der Waals surface area contributed by atoms with Crippen molar-refractivity contribution in [3.63, 3.8) is 0 Å². The van der Waals surface area contributed by atoms with Crippen LogP contribution in [0.3, 0.4) is 0 Å². The molecule has 0 aliphatic heterocycles. The van der Waals surface area contributed by atoms with Crippen LogP contribution < -0.4 is 5.32 Å². The molecule has 0 aliphatic carbocycles. The number of nitrogens with one attached hydrogen (secondary N) is 1. The molecule has 0 atom stereocenters. The summed E-state index contributed by atoms with van der Waals surface area (Å²) in [5.41, 5.74) is 0.382. The molecular weight excluding hydrogens is 299 g/mol. The number of benzene rings is 1. The van der Waals surface area contributed by atoms with Gasteiger partial charge in [0.05, 0.1) is 5.56 Å². The topological polar surface area (TPSA) is 29.1 Å². The molecular formula is C11H9BrF3NO. The maximum Gasteiger partial charge on any atom is 0.409 e. The number of carbonyl (C=O) groups is 1. The predicted molar refractivity (Wildman–Crippen MR) is 61.7 cm³/mol. The Morgan fingerprint density at radius 3 is 2.59 bits per heavy atom. The molecule has 0 saturated heterocycles. The van der Waals surface area contributed by atoms with Crippen LogP contribution in [0.5, 0.6) is 0 Å². The average Bonchev–Trinajstić information content (AvgIpc) is 2.23. The lowest BCUT2D eigenvalue weighted by atomic mass is 10.2. The number of hydrogen-bond donors (Lipinski definition) is 1. The van der Waals surface area contributed by atoms with Crippen LogP contribution in [0.1, 0.15) is 10.4 Å². The molecule has 0 unspecified atom stereocenters. The maximum absolute atomic E-state index is 11.8. The van der Waals surface area contributed by atoms with E-state index in [2.05, 4.69) is 21.2 Å². The van der Waals surface area contributed by atoms with Gasteiger partial charge in [0, 0.05) is 17.1 Å². The summed E-state index contributed by atoms with van der Waals surface area (Å²) in [5, 5.41) is 2.36. The molecule has 1 aromatic carbocycles. The normalized spacial score (nSPS) is 11.8. The van der Waals surface area contributed by atoms with E-state index in [1.807, 2.05) is 0 Å². The fraction of sp³-hybridized carbons (Fsp3) is 0.182. The molecule has 6 heteroatoms. The van der Waals surface area contributed by atoms with Crippen LogP contribution in [0.25, 0.3) is 0 Å². The molecule has 1 rings (SSSR count). The minimum atomic E-state index is -4.35. The van der Waals surface area contributed by atoms with Crippen LogP contribution in [-0.2, 0) is 0 Å². The van der Waals surface area contributed by atoms with E-state index in [1.165, 1.54) is 0 Å². The molecule has 0 bridgehead atoms. The van der Waals surface area contributed by atoms with Crippen molar-refractivity contribution < 1.29 is 18.0 Å².